The lowest BCUT2D eigenvalue weighted by atomic mass is 10.1. The van der Waals surface area contributed by atoms with E-state index >= 15 is 0 Å². The number of nitrogens with zero attached hydrogens (tertiary/aromatic N) is 3. The van der Waals surface area contributed by atoms with Gasteiger partial charge >= 0.3 is 5.97 Å². The van der Waals surface area contributed by atoms with E-state index in [9.17, 15) is 4.79 Å². The Morgan fingerprint density at radius 3 is 2.72 bits per heavy atom. The van der Waals surface area contributed by atoms with Crippen molar-refractivity contribution in [3.63, 3.8) is 0 Å². The molecule has 0 radical (unpaired) electrons. The van der Waals surface area contributed by atoms with Crippen LogP contribution in [-0.2, 0) is 17.8 Å². The second-order valence-corrected chi connectivity index (χ2v) is 3.72. The van der Waals surface area contributed by atoms with E-state index in [1.54, 1.807) is 35.3 Å². The lowest BCUT2D eigenvalue weighted by Crippen LogP contribution is -2.08. The van der Waals surface area contributed by atoms with Crippen LogP contribution in [0.3, 0.4) is 0 Å². The number of rotatable bonds is 6. The monoisotopic (exact) mass is 247 g/mol. The summed E-state index contributed by atoms with van der Waals surface area (Å²) in [4.78, 5) is 14.3. The molecule has 0 aliphatic carbocycles. The molecule has 6 heteroatoms. The van der Waals surface area contributed by atoms with Gasteiger partial charge in [-0.25, -0.2) is 9.67 Å². The van der Waals surface area contributed by atoms with Crippen LogP contribution in [0.1, 0.15) is 5.56 Å². The fraction of sp³-hybridized carbons (Fsp3) is 0.250. The first-order valence-electron chi connectivity index (χ1n) is 5.50. The lowest BCUT2D eigenvalue weighted by molar-refractivity contribution is -0.136. The number of carbonyl (C=O) groups is 1. The summed E-state index contributed by atoms with van der Waals surface area (Å²) in [6, 6.07) is 7.02. The number of hydrogen-bond donors (Lipinski definition) is 1. The molecule has 1 aromatic heterocycles. The fourth-order valence-electron chi connectivity index (χ4n) is 1.48. The molecule has 0 bridgehead atoms. The standard InChI is InChI=1S/C12H13N3O3/c16-12(17)7-10-1-3-11(4-2-10)18-6-5-15-9-13-8-14-15/h1-4,8-9H,5-7H2,(H,16,17). The van der Waals surface area contributed by atoms with Gasteiger partial charge in [-0.2, -0.15) is 5.10 Å². The Hall–Kier alpha value is -2.37. The van der Waals surface area contributed by atoms with Gasteiger partial charge in [0, 0.05) is 0 Å². The van der Waals surface area contributed by atoms with Gasteiger partial charge in [-0.3, -0.25) is 4.79 Å². The fourth-order valence-corrected chi connectivity index (χ4v) is 1.48. The average molecular weight is 247 g/mol. The molecule has 0 atom stereocenters. The SMILES string of the molecule is O=C(O)Cc1ccc(OCCn2cncn2)cc1. The first-order valence-corrected chi connectivity index (χ1v) is 5.50. The molecule has 0 aliphatic rings. The normalized spacial score (nSPS) is 10.2. The molecule has 18 heavy (non-hydrogen) atoms. The second-order valence-electron chi connectivity index (χ2n) is 3.72. The quantitative estimate of drug-likeness (QED) is 0.823. The van der Waals surface area contributed by atoms with Gasteiger partial charge in [-0.05, 0) is 17.7 Å². The maximum atomic E-state index is 10.5. The number of hydrogen-bond acceptors (Lipinski definition) is 4. The lowest BCUT2D eigenvalue weighted by Gasteiger charge is -2.06. The molecule has 2 aromatic rings. The van der Waals surface area contributed by atoms with Gasteiger partial charge < -0.3 is 9.84 Å². The zero-order valence-corrected chi connectivity index (χ0v) is 9.69. The van der Waals surface area contributed by atoms with Crippen molar-refractivity contribution in [3.05, 3.63) is 42.5 Å². The summed E-state index contributed by atoms with van der Waals surface area (Å²) >= 11 is 0. The predicted octanol–water partition coefficient (Wildman–Crippen LogP) is 0.984. The molecule has 0 spiro atoms. The summed E-state index contributed by atoms with van der Waals surface area (Å²) in [5, 5.41) is 12.6. The Morgan fingerprint density at radius 2 is 2.11 bits per heavy atom. The largest absolute Gasteiger partial charge is 0.492 e. The predicted molar refractivity (Wildman–Crippen MR) is 63.3 cm³/mol. The molecule has 2 rings (SSSR count). The van der Waals surface area contributed by atoms with Gasteiger partial charge in [-0.1, -0.05) is 12.1 Å². The highest BCUT2D eigenvalue weighted by atomic mass is 16.5. The van der Waals surface area contributed by atoms with E-state index in [1.807, 2.05) is 0 Å². The van der Waals surface area contributed by atoms with E-state index in [4.69, 9.17) is 9.84 Å². The van der Waals surface area contributed by atoms with Crippen molar-refractivity contribution >= 4 is 5.97 Å². The van der Waals surface area contributed by atoms with Crippen LogP contribution < -0.4 is 4.74 Å². The molecular weight excluding hydrogens is 234 g/mol. The minimum Gasteiger partial charge on any atom is -0.492 e. The van der Waals surface area contributed by atoms with Crippen LogP contribution in [0.2, 0.25) is 0 Å². The average Bonchev–Trinajstić information content (AvgIpc) is 2.84. The Labute approximate surface area is 104 Å². The first kappa shape index (κ1) is 12.1. The van der Waals surface area contributed by atoms with Crippen LogP contribution in [0, 0.1) is 0 Å². The van der Waals surface area contributed by atoms with Gasteiger partial charge in [-0.15, -0.1) is 0 Å². The molecule has 0 aliphatic heterocycles. The number of ether oxygens (including phenoxy) is 1. The Kier molecular flexibility index (Phi) is 3.90. The van der Waals surface area contributed by atoms with Gasteiger partial charge in [0.25, 0.3) is 0 Å². The van der Waals surface area contributed by atoms with E-state index < -0.39 is 5.97 Å². The minimum absolute atomic E-state index is 0.0270. The highest BCUT2D eigenvalue weighted by molar-refractivity contribution is 5.70. The first-order chi connectivity index (χ1) is 8.74. The van der Waals surface area contributed by atoms with Crippen molar-refractivity contribution in [1.82, 2.24) is 14.8 Å². The molecule has 0 amide bonds. The van der Waals surface area contributed by atoms with Crippen molar-refractivity contribution in [2.75, 3.05) is 6.61 Å². The second kappa shape index (κ2) is 5.81. The van der Waals surface area contributed by atoms with Crippen molar-refractivity contribution in [3.8, 4) is 5.75 Å². The number of aliphatic carboxylic acids is 1. The van der Waals surface area contributed by atoms with Gasteiger partial charge in [0.1, 0.15) is 25.0 Å². The Morgan fingerprint density at radius 1 is 1.33 bits per heavy atom. The highest BCUT2D eigenvalue weighted by Gasteiger charge is 2.00. The summed E-state index contributed by atoms with van der Waals surface area (Å²) in [7, 11) is 0. The zero-order chi connectivity index (χ0) is 12.8. The number of carboxylic acid groups (broad SMARTS) is 1. The molecule has 0 unspecified atom stereocenters. The van der Waals surface area contributed by atoms with Crippen LogP contribution in [0.25, 0.3) is 0 Å². The molecule has 0 saturated heterocycles. The summed E-state index contributed by atoms with van der Waals surface area (Å²) < 4.78 is 7.18. The van der Waals surface area contributed by atoms with Gasteiger partial charge in [0.05, 0.1) is 13.0 Å². The minimum atomic E-state index is -0.838. The van der Waals surface area contributed by atoms with Crippen molar-refractivity contribution < 1.29 is 14.6 Å². The summed E-state index contributed by atoms with van der Waals surface area (Å²) in [5.74, 6) is -0.126. The molecule has 0 saturated carbocycles. The number of carboxylic acids is 1. The van der Waals surface area contributed by atoms with Crippen molar-refractivity contribution in [1.29, 1.82) is 0 Å². The highest BCUT2D eigenvalue weighted by Crippen LogP contribution is 2.12. The molecular formula is C12H13N3O3. The molecule has 94 valence electrons. The van der Waals surface area contributed by atoms with E-state index in [0.717, 1.165) is 5.56 Å². The summed E-state index contributed by atoms with van der Waals surface area (Å²) in [6.07, 6.45) is 3.12. The van der Waals surface area contributed by atoms with E-state index in [0.29, 0.717) is 18.9 Å². The van der Waals surface area contributed by atoms with Crippen LogP contribution in [0.5, 0.6) is 5.75 Å². The smallest absolute Gasteiger partial charge is 0.307 e. The van der Waals surface area contributed by atoms with E-state index in [-0.39, 0.29) is 6.42 Å². The molecule has 6 nitrogen and oxygen atoms in total. The maximum absolute atomic E-state index is 10.5. The van der Waals surface area contributed by atoms with Gasteiger partial charge in [0.2, 0.25) is 0 Å². The number of benzene rings is 1. The third-order valence-corrected chi connectivity index (χ3v) is 2.33. The maximum Gasteiger partial charge on any atom is 0.307 e. The Bertz CT molecular complexity index is 494. The van der Waals surface area contributed by atoms with Crippen LogP contribution in [0.15, 0.2) is 36.9 Å². The summed E-state index contributed by atoms with van der Waals surface area (Å²) in [5.41, 5.74) is 0.756. The Balaban J connectivity index is 1.81. The molecule has 1 N–H and O–H groups in total. The zero-order valence-electron chi connectivity index (χ0n) is 9.69. The van der Waals surface area contributed by atoms with E-state index in [1.165, 1.54) is 6.33 Å². The summed E-state index contributed by atoms with van der Waals surface area (Å²) in [6.45, 7) is 1.11. The third kappa shape index (κ3) is 3.58. The van der Waals surface area contributed by atoms with E-state index in [2.05, 4.69) is 10.1 Å². The molecule has 1 heterocycles. The number of aromatic nitrogens is 3. The van der Waals surface area contributed by atoms with Gasteiger partial charge in [0.15, 0.2) is 0 Å². The third-order valence-electron chi connectivity index (χ3n) is 2.33. The van der Waals surface area contributed by atoms with Crippen LogP contribution in [0.4, 0.5) is 0 Å². The molecule has 1 aromatic carbocycles. The van der Waals surface area contributed by atoms with Crippen LogP contribution >= 0.6 is 0 Å². The molecule has 0 fully saturated rings. The van der Waals surface area contributed by atoms with Crippen LogP contribution in [-0.4, -0.2) is 32.4 Å². The van der Waals surface area contributed by atoms with Crippen molar-refractivity contribution in [2.24, 2.45) is 0 Å². The topological polar surface area (TPSA) is 77.2 Å². The van der Waals surface area contributed by atoms with Crippen molar-refractivity contribution in [2.45, 2.75) is 13.0 Å².